The lowest BCUT2D eigenvalue weighted by molar-refractivity contribution is -0.385. The first-order chi connectivity index (χ1) is 15.0. The summed E-state index contributed by atoms with van der Waals surface area (Å²) in [6, 6.07) is 17.5. The van der Waals surface area contributed by atoms with Crippen molar-refractivity contribution in [1.29, 1.82) is 0 Å². The molecule has 0 aromatic heterocycles. The van der Waals surface area contributed by atoms with Crippen molar-refractivity contribution in [2.45, 2.75) is 6.54 Å². The monoisotopic (exact) mass is 423 g/mol. The first-order valence-electron chi connectivity index (χ1n) is 10.0. The Morgan fingerprint density at radius 1 is 1.03 bits per heavy atom. The molecule has 1 amide bonds. The van der Waals surface area contributed by atoms with Crippen LogP contribution >= 0.6 is 0 Å². The van der Waals surface area contributed by atoms with Crippen molar-refractivity contribution in [2.75, 3.05) is 32.8 Å². The number of ether oxygens (including phenoxy) is 1. The minimum absolute atomic E-state index is 0.243. The van der Waals surface area contributed by atoms with Crippen LogP contribution in [0.3, 0.4) is 0 Å². The molecular formula is C23H22FN3O4. The summed E-state index contributed by atoms with van der Waals surface area (Å²) in [6.07, 6.45) is 0. The lowest BCUT2D eigenvalue weighted by Gasteiger charge is -2.34. The Hall–Kier alpha value is -3.52. The van der Waals surface area contributed by atoms with Crippen molar-refractivity contribution in [3.05, 3.63) is 82.2 Å². The molecule has 1 saturated heterocycles. The first kappa shape index (κ1) is 20.7. The number of hydrogen-bond acceptors (Lipinski definition) is 5. The summed E-state index contributed by atoms with van der Waals surface area (Å²) in [4.78, 5) is 26.9. The van der Waals surface area contributed by atoms with Gasteiger partial charge < -0.3 is 9.64 Å². The van der Waals surface area contributed by atoms with Crippen LogP contribution < -0.4 is 4.74 Å². The molecule has 0 saturated carbocycles. The van der Waals surface area contributed by atoms with Gasteiger partial charge in [0.25, 0.3) is 5.91 Å². The fourth-order valence-corrected chi connectivity index (χ4v) is 3.81. The summed E-state index contributed by atoms with van der Waals surface area (Å²) in [5.41, 5.74) is 0.883. The Balaban J connectivity index is 1.32. The van der Waals surface area contributed by atoms with E-state index in [2.05, 4.69) is 35.2 Å². The topological polar surface area (TPSA) is 75.9 Å². The zero-order valence-corrected chi connectivity index (χ0v) is 16.9. The summed E-state index contributed by atoms with van der Waals surface area (Å²) in [5.74, 6) is -1.17. The maximum atomic E-state index is 13.4. The molecule has 1 heterocycles. The molecule has 3 aromatic carbocycles. The number of carbonyl (C=O) groups is 1. The van der Waals surface area contributed by atoms with Gasteiger partial charge in [0, 0.05) is 44.9 Å². The third-order valence-electron chi connectivity index (χ3n) is 5.47. The summed E-state index contributed by atoms with van der Waals surface area (Å²) < 4.78 is 18.7. The van der Waals surface area contributed by atoms with Gasteiger partial charge in [0.15, 0.2) is 6.61 Å². The van der Waals surface area contributed by atoms with Crippen LogP contribution in [0, 0.1) is 15.9 Å². The van der Waals surface area contributed by atoms with Gasteiger partial charge in [-0.25, -0.2) is 4.39 Å². The minimum Gasteiger partial charge on any atom is -0.477 e. The normalized spacial score (nSPS) is 14.5. The second-order valence-electron chi connectivity index (χ2n) is 7.45. The highest BCUT2D eigenvalue weighted by Gasteiger charge is 2.23. The largest absolute Gasteiger partial charge is 0.477 e. The van der Waals surface area contributed by atoms with Gasteiger partial charge >= 0.3 is 5.69 Å². The molecule has 0 aliphatic carbocycles. The maximum absolute atomic E-state index is 13.4. The maximum Gasteiger partial charge on any atom is 0.311 e. The molecule has 1 aliphatic rings. The number of piperazine rings is 1. The Labute approximate surface area is 178 Å². The predicted molar refractivity (Wildman–Crippen MR) is 114 cm³/mol. The molecule has 0 N–H and O–H groups in total. The highest BCUT2D eigenvalue weighted by molar-refractivity contribution is 5.85. The van der Waals surface area contributed by atoms with Crippen LogP contribution in [0.25, 0.3) is 10.8 Å². The molecule has 0 spiro atoms. The van der Waals surface area contributed by atoms with E-state index in [4.69, 9.17) is 4.74 Å². The molecule has 160 valence electrons. The van der Waals surface area contributed by atoms with Crippen LogP contribution in [0.1, 0.15) is 5.56 Å². The molecule has 4 rings (SSSR count). The van der Waals surface area contributed by atoms with Gasteiger partial charge in [-0.3, -0.25) is 19.8 Å². The van der Waals surface area contributed by atoms with Crippen LogP contribution in [0.5, 0.6) is 5.75 Å². The minimum atomic E-state index is -0.661. The van der Waals surface area contributed by atoms with Crippen LogP contribution in [-0.2, 0) is 11.3 Å². The Morgan fingerprint density at radius 3 is 2.55 bits per heavy atom. The van der Waals surface area contributed by atoms with Gasteiger partial charge in [0.2, 0.25) is 5.75 Å². The summed E-state index contributed by atoms with van der Waals surface area (Å²) >= 11 is 0. The zero-order valence-electron chi connectivity index (χ0n) is 16.9. The van der Waals surface area contributed by atoms with Crippen molar-refractivity contribution in [3.63, 3.8) is 0 Å². The zero-order chi connectivity index (χ0) is 21.8. The number of halogens is 1. The van der Waals surface area contributed by atoms with E-state index < -0.39 is 10.7 Å². The van der Waals surface area contributed by atoms with Crippen molar-refractivity contribution in [1.82, 2.24) is 9.80 Å². The van der Waals surface area contributed by atoms with Crippen molar-refractivity contribution >= 4 is 22.4 Å². The van der Waals surface area contributed by atoms with Gasteiger partial charge in [-0.15, -0.1) is 0 Å². The van der Waals surface area contributed by atoms with E-state index >= 15 is 0 Å². The van der Waals surface area contributed by atoms with Crippen molar-refractivity contribution < 1.29 is 18.8 Å². The molecule has 31 heavy (non-hydrogen) atoms. The molecule has 3 aromatic rings. The van der Waals surface area contributed by atoms with Crippen LogP contribution in [0.15, 0.2) is 60.7 Å². The molecule has 1 fully saturated rings. The molecule has 8 heteroatoms. The average molecular weight is 423 g/mol. The van der Waals surface area contributed by atoms with Crippen LogP contribution in [-0.4, -0.2) is 53.4 Å². The lowest BCUT2D eigenvalue weighted by atomic mass is 10.0. The van der Waals surface area contributed by atoms with E-state index in [1.807, 2.05) is 12.1 Å². The first-order valence-corrected chi connectivity index (χ1v) is 10.0. The fraction of sp³-hybridized carbons (Fsp3) is 0.261. The number of nitro benzene ring substituents is 1. The van der Waals surface area contributed by atoms with Crippen molar-refractivity contribution in [2.24, 2.45) is 0 Å². The van der Waals surface area contributed by atoms with E-state index in [1.165, 1.54) is 16.3 Å². The van der Waals surface area contributed by atoms with Crippen LogP contribution in [0.4, 0.5) is 10.1 Å². The van der Waals surface area contributed by atoms with Gasteiger partial charge in [-0.2, -0.15) is 0 Å². The number of carbonyl (C=O) groups excluding carboxylic acids is 1. The molecule has 0 bridgehead atoms. The third kappa shape index (κ3) is 4.80. The number of nitrogens with zero attached hydrogens (tertiary/aromatic N) is 3. The SMILES string of the molecule is O=C(COc1cc(F)ccc1[N+](=O)[O-])N1CCN(Cc2cccc3ccccc23)CC1. The number of amides is 1. The van der Waals surface area contributed by atoms with Gasteiger partial charge in [0.1, 0.15) is 5.82 Å². The number of nitro groups is 1. The highest BCUT2D eigenvalue weighted by atomic mass is 19.1. The predicted octanol–water partition coefficient (Wildman–Crippen LogP) is 3.61. The molecule has 7 nitrogen and oxygen atoms in total. The third-order valence-corrected chi connectivity index (χ3v) is 5.47. The molecule has 0 atom stereocenters. The van der Waals surface area contributed by atoms with E-state index in [-0.39, 0.29) is 24.0 Å². The number of benzene rings is 3. The van der Waals surface area contributed by atoms with Gasteiger partial charge in [0.05, 0.1) is 4.92 Å². The standard InChI is InChI=1S/C23H22FN3O4/c24-19-8-9-21(27(29)30)22(14-19)31-16-23(28)26-12-10-25(11-13-26)15-18-6-3-5-17-4-1-2-7-20(17)18/h1-9,14H,10-13,15-16H2. The lowest BCUT2D eigenvalue weighted by Crippen LogP contribution is -2.49. The number of fused-ring (bicyclic) bond motifs is 1. The summed E-state index contributed by atoms with van der Waals surface area (Å²) in [6.45, 7) is 2.95. The van der Waals surface area contributed by atoms with Gasteiger partial charge in [-0.05, 0) is 22.4 Å². The quantitative estimate of drug-likeness (QED) is 0.447. The van der Waals surface area contributed by atoms with Crippen LogP contribution in [0.2, 0.25) is 0 Å². The second-order valence-corrected chi connectivity index (χ2v) is 7.45. The highest BCUT2D eigenvalue weighted by Crippen LogP contribution is 2.27. The summed E-state index contributed by atoms with van der Waals surface area (Å²) in [5, 5.41) is 13.5. The molecule has 0 unspecified atom stereocenters. The molecule has 0 radical (unpaired) electrons. The van der Waals surface area contributed by atoms with E-state index in [1.54, 1.807) is 4.90 Å². The Bertz CT molecular complexity index is 1110. The molecular weight excluding hydrogens is 401 g/mol. The number of hydrogen-bond donors (Lipinski definition) is 0. The number of rotatable bonds is 6. The summed E-state index contributed by atoms with van der Waals surface area (Å²) in [7, 11) is 0. The Morgan fingerprint density at radius 2 is 1.77 bits per heavy atom. The van der Waals surface area contributed by atoms with E-state index in [9.17, 15) is 19.3 Å². The smallest absolute Gasteiger partial charge is 0.311 e. The van der Waals surface area contributed by atoms with E-state index in [0.29, 0.717) is 13.1 Å². The average Bonchev–Trinajstić information content (AvgIpc) is 2.78. The molecule has 1 aliphatic heterocycles. The Kier molecular flexibility index (Phi) is 6.08. The van der Waals surface area contributed by atoms with Gasteiger partial charge in [-0.1, -0.05) is 42.5 Å². The fourth-order valence-electron chi connectivity index (χ4n) is 3.81. The van der Waals surface area contributed by atoms with E-state index in [0.717, 1.165) is 37.8 Å². The second kappa shape index (κ2) is 9.09. The van der Waals surface area contributed by atoms with Crippen molar-refractivity contribution in [3.8, 4) is 5.75 Å².